The molecule has 10 heteroatoms. The molecule has 1 aromatic heterocycles. The van der Waals surface area contributed by atoms with Crippen LogP contribution < -0.4 is 11.1 Å². The molecule has 4 aromatic rings. The molecular weight excluding hydrogens is 646 g/mol. The molecule has 3 aromatic carbocycles. The van der Waals surface area contributed by atoms with E-state index in [9.17, 15) is 8.78 Å². The summed E-state index contributed by atoms with van der Waals surface area (Å²) in [5.41, 5.74) is 10.1. The maximum atomic E-state index is 14.7. The minimum Gasteiger partial charge on any atom is -0.483 e. The summed E-state index contributed by atoms with van der Waals surface area (Å²) in [6.07, 6.45) is 12.5. The number of nitrogens with zero attached hydrogens (tertiary/aromatic N) is 4. The molecule has 272 valence electrons. The summed E-state index contributed by atoms with van der Waals surface area (Å²) in [5, 5.41) is 10.4. The summed E-state index contributed by atoms with van der Waals surface area (Å²) in [5.74, 6) is 1.22. The Kier molecular flexibility index (Phi) is 14.3. The van der Waals surface area contributed by atoms with Crippen LogP contribution in [0.4, 0.5) is 20.4 Å². The van der Waals surface area contributed by atoms with E-state index in [4.69, 9.17) is 15.6 Å². The number of hydrogen-bond donors (Lipinski definition) is 3. The van der Waals surface area contributed by atoms with Crippen molar-refractivity contribution in [3.05, 3.63) is 96.2 Å². The number of rotatable bonds is 7. The van der Waals surface area contributed by atoms with Gasteiger partial charge >= 0.3 is 0 Å². The Morgan fingerprint density at radius 2 is 1.49 bits per heavy atom. The lowest BCUT2D eigenvalue weighted by Gasteiger charge is -2.35. The second-order valence-electron chi connectivity index (χ2n) is 14.0. The van der Waals surface area contributed by atoms with Crippen molar-refractivity contribution >= 4 is 18.1 Å². The first-order valence-corrected chi connectivity index (χ1v) is 18.3. The summed E-state index contributed by atoms with van der Waals surface area (Å²) in [6.45, 7) is 5.33. The third-order valence-electron chi connectivity index (χ3n) is 10.3. The minimum atomic E-state index is -0.395. The van der Waals surface area contributed by atoms with Crippen LogP contribution in [0.2, 0.25) is 0 Å². The quantitative estimate of drug-likeness (QED) is 0.131. The second-order valence-corrected chi connectivity index (χ2v) is 14.0. The van der Waals surface area contributed by atoms with Crippen LogP contribution in [0.25, 0.3) is 22.4 Å². The number of halogens is 2. The molecule has 1 aliphatic carbocycles. The first kappa shape index (κ1) is 37.8. The molecule has 8 nitrogen and oxygen atoms in total. The van der Waals surface area contributed by atoms with Crippen LogP contribution in [0.1, 0.15) is 69.3 Å². The van der Waals surface area contributed by atoms with E-state index in [0.717, 1.165) is 80.0 Å². The van der Waals surface area contributed by atoms with Gasteiger partial charge in [0.25, 0.3) is 6.47 Å². The first-order chi connectivity index (χ1) is 24.8. The van der Waals surface area contributed by atoms with Crippen molar-refractivity contribution in [2.75, 3.05) is 50.8 Å². The molecule has 2 saturated heterocycles. The van der Waals surface area contributed by atoms with Gasteiger partial charge in [0, 0.05) is 36.9 Å². The Hall–Kier alpha value is -4.41. The molecule has 0 spiro atoms. The van der Waals surface area contributed by atoms with Gasteiger partial charge in [-0.05, 0) is 105 Å². The molecule has 51 heavy (non-hydrogen) atoms. The van der Waals surface area contributed by atoms with E-state index in [1.807, 2.05) is 48.5 Å². The molecule has 0 radical (unpaired) electrons. The van der Waals surface area contributed by atoms with Gasteiger partial charge < -0.3 is 26.0 Å². The van der Waals surface area contributed by atoms with E-state index in [2.05, 4.69) is 44.3 Å². The van der Waals surface area contributed by atoms with Crippen molar-refractivity contribution in [2.24, 2.45) is 5.92 Å². The first-order valence-electron chi connectivity index (χ1n) is 18.3. The van der Waals surface area contributed by atoms with Crippen molar-refractivity contribution in [2.45, 2.75) is 69.7 Å². The van der Waals surface area contributed by atoms with Crippen LogP contribution in [0.15, 0.2) is 79.0 Å². The predicted molar refractivity (Wildman–Crippen MR) is 201 cm³/mol. The van der Waals surface area contributed by atoms with Gasteiger partial charge in [-0.2, -0.15) is 0 Å². The van der Waals surface area contributed by atoms with Crippen LogP contribution in [0.3, 0.4) is 0 Å². The number of carboxylic acid groups (broad SMARTS) is 1. The highest BCUT2D eigenvalue weighted by molar-refractivity contribution is 5.71. The molecule has 3 heterocycles. The Labute approximate surface area is 301 Å². The second kappa shape index (κ2) is 19.3. The number of piperidine rings is 2. The lowest BCUT2D eigenvalue weighted by Crippen LogP contribution is -2.41. The van der Waals surface area contributed by atoms with Crippen LogP contribution in [0, 0.1) is 17.6 Å². The van der Waals surface area contributed by atoms with Crippen molar-refractivity contribution < 1.29 is 18.7 Å². The van der Waals surface area contributed by atoms with Crippen molar-refractivity contribution in [3.8, 4) is 22.4 Å². The zero-order valence-electron chi connectivity index (χ0n) is 29.7. The van der Waals surface area contributed by atoms with Crippen LogP contribution in [-0.4, -0.2) is 77.2 Å². The Balaban J connectivity index is 0.000000233. The molecule has 0 amide bonds. The van der Waals surface area contributed by atoms with Gasteiger partial charge in [-0.15, -0.1) is 0 Å². The topological polar surface area (TPSA) is 108 Å². The molecule has 3 aliphatic rings. The Morgan fingerprint density at radius 1 is 0.824 bits per heavy atom. The number of nitrogen functional groups attached to an aromatic ring is 1. The van der Waals surface area contributed by atoms with Gasteiger partial charge in [0.15, 0.2) is 5.82 Å². The van der Waals surface area contributed by atoms with Crippen LogP contribution >= 0.6 is 0 Å². The van der Waals surface area contributed by atoms with Crippen molar-refractivity contribution in [1.82, 2.24) is 19.8 Å². The van der Waals surface area contributed by atoms with Gasteiger partial charge in [0.1, 0.15) is 11.5 Å². The highest BCUT2D eigenvalue weighted by Crippen LogP contribution is 2.31. The third-order valence-corrected chi connectivity index (χ3v) is 10.3. The standard InChI is InChI=1S/C28H33FN4.C12H17FN2.CH2O2/c29-26-19-30-28(31-25-14-16-33(17-15-25)20-21-8-3-1-4-9-21)32-27(26)24-13-7-12-23(18-24)22-10-5-2-6-11-22;1-15-6-4-9(5-7-15)11-3-2-10(14)8-12(11)13;2-1-3/h2,5-7,10-13,18-19,21,25H,1,3-4,8-9,14-17,20H2,(H,30,31,32);2-3,8-9H,4-7,14H2,1H3;1H,(H,2,3). The van der Waals surface area contributed by atoms with Crippen molar-refractivity contribution in [3.63, 3.8) is 0 Å². The fraction of sp³-hybridized carbons (Fsp3) is 0.439. The monoisotopic (exact) mass is 698 g/mol. The van der Waals surface area contributed by atoms with Crippen LogP contribution in [0.5, 0.6) is 0 Å². The number of aromatic nitrogens is 2. The van der Waals surface area contributed by atoms with Gasteiger partial charge in [0.05, 0.1) is 6.20 Å². The molecule has 0 atom stereocenters. The maximum Gasteiger partial charge on any atom is 0.290 e. The van der Waals surface area contributed by atoms with E-state index < -0.39 is 5.82 Å². The van der Waals surface area contributed by atoms with E-state index in [-0.39, 0.29) is 12.3 Å². The van der Waals surface area contributed by atoms with E-state index in [1.165, 1.54) is 50.9 Å². The van der Waals surface area contributed by atoms with Gasteiger partial charge in [0.2, 0.25) is 5.95 Å². The maximum absolute atomic E-state index is 14.7. The lowest BCUT2D eigenvalue weighted by atomic mass is 9.88. The molecule has 4 N–H and O–H groups in total. The zero-order chi connectivity index (χ0) is 36.0. The average Bonchev–Trinajstić information content (AvgIpc) is 3.15. The zero-order valence-corrected chi connectivity index (χ0v) is 29.7. The van der Waals surface area contributed by atoms with Gasteiger partial charge in [-0.1, -0.05) is 73.9 Å². The van der Waals surface area contributed by atoms with E-state index in [0.29, 0.717) is 29.3 Å². The number of likely N-dealkylation sites (tertiary alicyclic amines) is 2. The van der Waals surface area contributed by atoms with Crippen molar-refractivity contribution in [1.29, 1.82) is 0 Å². The molecular formula is C41H52F2N6O2. The molecule has 2 aliphatic heterocycles. The average molecular weight is 699 g/mol. The molecule has 7 rings (SSSR count). The van der Waals surface area contributed by atoms with E-state index >= 15 is 0 Å². The highest BCUT2D eigenvalue weighted by atomic mass is 19.1. The Morgan fingerprint density at radius 3 is 2.18 bits per heavy atom. The molecule has 1 saturated carbocycles. The Bertz CT molecular complexity index is 1650. The minimum absolute atomic E-state index is 0.149. The normalized spacial score (nSPS) is 17.8. The number of benzene rings is 3. The SMILES string of the molecule is CN1CCC(c2ccc(N)cc2F)CC1.Fc1cnc(NC2CCN(CC3CCCCC3)CC2)nc1-c1cccc(-c2ccccc2)c1.O=CO. The van der Waals surface area contributed by atoms with Gasteiger partial charge in [-0.3, -0.25) is 4.79 Å². The predicted octanol–water partition coefficient (Wildman–Crippen LogP) is 8.32. The lowest BCUT2D eigenvalue weighted by molar-refractivity contribution is -0.122. The smallest absolute Gasteiger partial charge is 0.290 e. The third kappa shape index (κ3) is 11.3. The largest absolute Gasteiger partial charge is 0.483 e. The molecule has 0 unspecified atom stereocenters. The summed E-state index contributed by atoms with van der Waals surface area (Å²) < 4.78 is 28.3. The summed E-state index contributed by atoms with van der Waals surface area (Å²) in [6, 6.07) is 23.4. The molecule has 0 bridgehead atoms. The number of nitrogens with two attached hydrogens (primary N) is 1. The summed E-state index contributed by atoms with van der Waals surface area (Å²) in [4.78, 5) is 22.1. The summed E-state index contributed by atoms with van der Waals surface area (Å²) in [7, 11) is 2.11. The highest BCUT2D eigenvalue weighted by Gasteiger charge is 2.24. The summed E-state index contributed by atoms with van der Waals surface area (Å²) >= 11 is 0. The van der Waals surface area contributed by atoms with Crippen LogP contribution in [-0.2, 0) is 4.79 Å². The number of hydrogen-bond acceptors (Lipinski definition) is 7. The fourth-order valence-electron chi connectivity index (χ4n) is 7.49. The number of nitrogens with one attached hydrogen (secondary N) is 1. The number of carbonyl (C=O) groups is 1. The molecule has 3 fully saturated rings. The number of anilines is 2. The van der Waals surface area contributed by atoms with Gasteiger partial charge in [-0.25, -0.2) is 18.7 Å². The fourth-order valence-corrected chi connectivity index (χ4v) is 7.49. The van der Waals surface area contributed by atoms with E-state index in [1.54, 1.807) is 6.07 Å².